The molecule has 0 radical (unpaired) electrons. The zero-order chi connectivity index (χ0) is 15.2. The normalized spacial score (nSPS) is 12.5. The van der Waals surface area contributed by atoms with Gasteiger partial charge in [-0.1, -0.05) is 31.5 Å². The van der Waals surface area contributed by atoms with E-state index in [2.05, 4.69) is 10.5 Å². The van der Waals surface area contributed by atoms with Crippen molar-refractivity contribution in [1.82, 2.24) is 0 Å². The van der Waals surface area contributed by atoms with Gasteiger partial charge in [0.1, 0.15) is 11.7 Å². The lowest BCUT2D eigenvalue weighted by Crippen LogP contribution is -2.31. The molecule has 0 aliphatic rings. The number of nitrogens with two attached hydrogens (primary N) is 1. The molecular weight excluding hydrogens is 257 g/mol. The number of anilines is 1. The van der Waals surface area contributed by atoms with Gasteiger partial charge in [0.2, 0.25) is 0 Å². The Balaban J connectivity index is 2.34. The fourth-order valence-corrected chi connectivity index (χ4v) is 1.95. The van der Waals surface area contributed by atoms with E-state index in [0.717, 1.165) is 24.8 Å². The van der Waals surface area contributed by atoms with E-state index in [1.807, 2.05) is 20.8 Å². The summed E-state index contributed by atoms with van der Waals surface area (Å²) in [5.41, 5.74) is 6.88. The highest BCUT2D eigenvalue weighted by molar-refractivity contribution is 5.85. The topological polar surface area (TPSA) is 70.6 Å². The second-order valence-electron chi connectivity index (χ2n) is 5.74. The zero-order valence-electron chi connectivity index (χ0n) is 12.4. The van der Waals surface area contributed by atoms with Crippen molar-refractivity contribution < 1.29 is 9.60 Å². The van der Waals surface area contributed by atoms with Crippen LogP contribution in [0.3, 0.4) is 0 Å². The Morgan fingerprint density at radius 1 is 1.40 bits per heavy atom. The van der Waals surface area contributed by atoms with E-state index in [4.69, 9.17) is 10.9 Å². The maximum atomic E-state index is 13.5. The molecule has 0 amide bonds. The van der Waals surface area contributed by atoms with E-state index in [0.29, 0.717) is 12.2 Å². The van der Waals surface area contributed by atoms with Crippen LogP contribution in [0.2, 0.25) is 0 Å². The van der Waals surface area contributed by atoms with E-state index in [9.17, 15) is 4.39 Å². The lowest BCUT2D eigenvalue weighted by atomic mass is 9.86. The van der Waals surface area contributed by atoms with Crippen molar-refractivity contribution in [1.29, 1.82) is 0 Å². The van der Waals surface area contributed by atoms with Gasteiger partial charge in [-0.15, -0.1) is 0 Å². The Hall–Kier alpha value is -1.78. The molecule has 4 N–H and O–H groups in total. The van der Waals surface area contributed by atoms with Crippen LogP contribution in [-0.2, 0) is 0 Å². The first-order chi connectivity index (χ1) is 9.36. The predicted octanol–water partition coefficient (Wildman–Crippen LogP) is 3.49. The summed E-state index contributed by atoms with van der Waals surface area (Å²) < 4.78 is 13.5. The molecule has 0 bridgehead atoms. The highest BCUT2D eigenvalue weighted by atomic mass is 19.1. The molecule has 5 heteroatoms. The summed E-state index contributed by atoms with van der Waals surface area (Å²) >= 11 is 0. The smallest absolute Gasteiger partial charge is 0.146 e. The quantitative estimate of drug-likeness (QED) is 0.235. The SMILES string of the molecule is Cc1ccc(F)c(NCCCCC(C)(C)/C(N)=N/O)c1. The molecule has 0 heterocycles. The Kier molecular flexibility index (Phi) is 5.80. The van der Waals surface area contributed by atoms with Crippen LogP contribution >= 0.6 is 0 Å². The third-order valence-corrected chi connectivity index (χ3v) is 3.47. The summed E-state index contributed by atoms with van der Waals surface area (Å²) in [6.45, 7) is 6.52. The third kappa shape index (κ3) is 4.72. The fourth-order valence-electron chi connectivity index (χ4n) is 1.95. The molecule has 1 aromatic carbocycles. The Morgan fingerprint density at radius 2 is 2.10 bits per heavy atom. The maximum absolute atomic E-state index is 13.5. The Morgan fingerprint density at radius 3 is 2.75 bits per heavy atom. The number of aryl methyl sites for hydroxylation is 1. The minimum atomic E-state index is -0.316. The first kappa shape index (κ1) is 16.3. The molecule has 0 spiro atoms. The maximum Gasteiger partial charge on any atom is 0.146 e. The summed E-state index contributed by atoms with van der Waals surface area (Å²) in [4.78, 5) is 0. The van der Waals surface area contributed by atoms with Crippen molar-refractivity contribution in [3.8, 4) is 0 Å². The van der Waals surface area contributed by atoms with E-state index in [-0.39, 0.29) is 17.1 Å². The molecule has 0 aliphatic heterocycles. The van der Waals surface area contributed by atoms with E-state index < -0.39 is 0 Å². The minimum Gasteiger partial charge on any atom is -0.409 e. The van der Waals surface area contributed by atoms with Gasteiger partial charge in [-0.25, -0.2) is 4.39 Å². The van der Waals surface area contributed by atoms with Gasteiger partial charge in [-0.3, -0.25) is 0 Å². The minimum absolute atomic E-state index is 0.229. The molecule has 112 valence electrons. The molecule has 1 aromatic rings. The van der Waals surface area contributed by atoms with Crippen molar-refractivity contribution in [2.45, 2.75) is 40.0 Å². The molecule has 0 saturated heterocycles. The summed E-state index contributed by atoms with van der Waals surface area (Å²) in [5.74, 6) is 0.0165. The van der Waals surface area contributed by atoms with Crippen LogP contribution < -0.4 is 11.1 Å². The summed E-state index contributed by atoms with van der Waals surface area (Å²) in [6, 6.07) is 5.02. The summed E-state index contributed by atoms with van der Waals surface area (Å²) in [7, 11) is 0. The van der Waals surface area contributed by atoms with Crippen LogP contribution in [-0.4, -0.2) is 17.6 Å². The van der Waals surface area contributed by atoms with Crippen molar-refractivity contribution >= 4 is 11.5 Å². The van der Waals surface area contributed by atoms with Gasteiger partial charge in [0, 0.05) is 12.0 Å². The van der Waals surface area contributed by atoms with E-state index in [1.165, 1.54) is 6.07 Å². The first-order valence-corrected chi connectivity index (χ1v) is 6.85. The van der Waals surface area contributed by atoms with Gasteiger partial charge in [-0.2, -0.15) is 0 Å². The Labute approximate surface area is 119 Å². The Bertz CT molecular complexity index is 472. The number of hydrogen-bond acceptors (Lipinski definition) is 3. The second kappa shape index (κ2) is 7.12. The van der Waals surface area contributed by atoms with Gasteiger partial charge in [0.25, 0.3) is 0 Å². The predicted molar refractivity (Wildman–Crippen MR) is 80.7 cm³/mol. The molecule has 0 unspecified atom stereocenters. The highest BCUT2D eigenvalue weighted by Gasteiger charge is 2.22. The molecule has 20 heavy (non-hydrogen) atoms. The number of nitrogens with one attached hydrogen (secondary N) is 1. The largest absolute Gasteiger partial charge is 0.409 e. The number of oxime groups is 1. The van der Waals surface area contributed by atoms with Gasteiger partial charge in [-0.05, 0) is 37.5 Å². The van der Waals surface area contributed by atoms with Gasteiger partial charge in [0.05, 0.1) is 5.69 Å². The number of unbranched alkanes of at least 4 members (excludes halogenated alkanes) is 1. The lowest BCUT2D eigenvalue weighted by molar-refractivity contribution is 0.304. The summed E-state index contributed by atoms with van der Waals surface area (Å²) in [5, 5.41) is 14.8. The molecule has 0 fully saturated rings. The van der Waals surface area contributed by atoms with Gasteiger partial charge >= 0.3 is 0 Å². The molecular formula is C15H24FN3O. The van der Waals surface area contributed by atoms with Crippen LogP contribution in [0, 0.1) is 18.2 Å². The first-order valence-electron chi connectivity index (χ1n) is 6.85. The van der Waals surface area contributed by atoms with Crippen molar-refractivity contribution in [2.75, 3.05) is 11.9 Å². The number of amidine groups is 1. The molecule has 0 atom stereocenters. The van der Waals surface area contributed by atoms with Crippen LogP contribution in [0.4, 0.5) is 10.1 Å². The number of nitrogens with zero attached hydrogens (tertiary/aromatic N) is 1. The highest BCUT2D eigenvalue weighted by Crippen LogP contribution is 2.23. The zero-order valence-corrected chi connectivity index (χ0v) is 12.4. The molecule has 4 nitrogen and oxygen atoms in total. The third-order valence-electron chi connectivity index (χ3n) is 3.47. The number of benzene rings is 1. The molecule has 0 aliphatic carbocycles. The molecule has 0 aromatic heterocycles. The lowest BCUT2D eigenvalue weighted by Gasteiger charge is -2.22. The standard InChI is InChI=1S/C15H24FN3O/c1-11-6-7-12(16)13(10-11)18-9-5-4-8-15(2,3)14(17)19-20/h6-7,10,18,20H,4-5,8-9H2,1-3H3,(H2,17,19). The van der Waals surface area contributed by atoms with Crippen molar-refractivity contribution in [3.63, 3.8) is 0 Å². The number of hydrogen-bond donors (Lipinski definition) is 3. The van der Waals surface area contributed by atoms with E-state index >= 15 is 0 Å². The monoisotopic (exact) mass is 281 g/mol. The molecule has 0 saturated carbocycles. The number of rotatable bonds is 7. The fraction of sp³-hybridized carbons (Fsp3) is 0.533. The average Bonchev–Trinajstić information content (AvgIpc) is 2.41. The second-order valence-corrected chi connectivity index (χ2v) is 5.74. The van der Waals surface area contributed by atoms with Crippen molar-refractivity contribution in [2.24, 2.45) is 16.3 Å². The summed E-state index contributed by atoms with van der Waals surface area (Å²) in [6.07, 6.45) is 2.64. The average molecular weight is 281 g/mol. The van der Waals surface area contributed by atoms with Gasteiger partial charge in [0.15, 0.2) is 0 Å². The van der Waals surface area contributed by atoms with Crippen LogP contribution in [0.25, 0.3) is 0 Å². The molecule has 1 rings (SSSR count). The van der Waals surface area contributed by atoms with Crippen LogP contribution in [0.1, 0.15) is 38.7 Å². The number of halogens is 1. The van der Waals surface area contributed by atoms with Crippen molar-refractivity contribution in [3.05, 3.63) is 29.6 Å². The van der Waals surface area contributed by atoms with Crippen LogP contribution in [0.15, 0.2) is 23.4 Å². The van der Waals surface area contributed by atoms with Gasteiger partial charge < -0.3 is 16.3 Å². The van der Waals surface area contributed by atoms with E-state index in [1.54, 1.807) is 12.1 Å². The van der Waals surface area contributed by atoms with Crippen LogP contribution in [0.5, 0.6) is 0 Å².